The van der Waals surface area contributed by atoms with Gasteiger partial charge in [-0.1, -0.05) is 30.3 Å². The summed E-state index contributed by atoms with van der Waals surface area (Å²) >= 11 is 0. The summed E-state index contributed by atoms with van der Waals surface area (Å²) in [6, 6.07) is 14.1. The Morgan fingerprint density at radius 1 is 1.17 bits per heavy atom. The van der Waals surface area contributed by atoms with Crippen LogP contribution in [0.5, 0.6) is 5.75 Å². The van der Waals surface area contributed by atoms with Crippen LogP contribution in [0.1, 0.15) is 15.9 Å². The molecule has 0 spiro atoms. The van der Waals surface area contributed by atoms with E-state index < -0.39 is 0 Å². The number of carbonyl (C=O) groups is 1. The van der Waals surface area contributed by atoms with Crippen LogP contribution in [0.25, 0.3) is 17.0 Å². The zero-order chi connectivity index (χ0) is 16.1. The largest absolute Gasteiger partial charge is 0.508 e. The van der Waals surface area contributed by atoms with Crippen LogP contribution in [0.2, 0.25) is 0 Å². The summed E-state index contributed by atoms with van der Waals surface area (Å²) in [6.45, 7) is 0. The van der Waals surface area contributed by atoms with Gasteiger partial charge in [-0.25, -0.2) is 5.43 Å². The summed E-state index contributed by atoms with van der Waals surface area (Å²) in [6.07, 6.45) is 7.07. The van der Waals surface area contributed by atoms with Gasteiger partial charge in [0.15, 0.2) is 0 Å². The highest BCUT2D eigenvalue weighted by molar-refractivity contribution is 5.95. The third-order valence-corrected chi connectivity index (χ3v) is 3.33. The van der Waals surface area contributed by atoms with Crippen LogP contribution in [-0.4, -0.2) is 22.2 Å². The lowest BCUT2D eigenvalue weighted by Crippen LogP contribution is -2.17. The molecule has 0 fully saturated rings. The number of aromatic hydroxyl groups is 1. The average molecular weight is 305 g/mol. The number of nitrogens with one attached hydrogen (secondary N) is 2. The van der Waals surface area contributed by atoms with Crippen molar-refractivity contribution in [1.82, 2.24) is 10.4 Å². The Morgan fingerprint density at radius 3 is 2.91 bits per heavy atom. The molecule has 114 valence electrons. The van der Waals surface area contributed by atoms with Gasteiger partial charge in [-0.15, -0.1) is 0 Å². The van der Waals surface area contributed by atoms with Gasteiger partial charge >= 0.3 is 0 Å². The Morgan fingerprint density at radius 2 is 2.04 bits per heavy atom. The van der Waals surface area contributed by atoms with Gasteiger partial charge in [-0.2, -0.15) is 5.10 Å². The number of benzene rings is 2. The lowest BCUT2D eigenvalue weighted by molar-refractivity contribution is 0.0954. The van der Waals surface area contributed by atoms with Crippen LogP contribution < -0.4 is 5.43 Å². The number of hydrogen-bond donors (Lipinski definition) is 3. The molecular formula is C18H15N3O2. The van der Waals surface area contributed by atoms with Gasteiger partial charge in [0.25, 0.3) is 5.91 Å². The minimum atomic E-state index is -0.377. The second kappa shape index (κ2) is 6.62. The summed E-state index contributed by atoms with van der Waals surface area (Å²) in [5, 5.41) is 14.3. The molecule has 3 rings (SSSR count). The lowest BCUT2D eigenvalue weighted by Gasteiger charge is -1.99. The molecule has 0 bridgehead atoms. The number of para-hydroxylation sites is 1. The van der Waals surface area contributed by atoms with Crippen molar-refractivity contribution < 1.29 is 9.90 Å². The summed E-state index contributed by atoms with van der Waals surface area (Å²) in [4.78, 5) is 15.0. The number of hydrogen-bond acceptors (Lipinski definition) is 3. The summed E-state index contributed by atoms with van der Waals surface area (Å²) in [5.74, 6) is -0.335. The molecular weight excluding hydrogens is 290 g/mol. The second-order valence-electron chi connectivity index (χ2n) is 4.92. The molecule has 0 saturated carbocycles. The second-order valence-corrected chi connectivity index (χ2v) is 4.92. The Hall–Kier alpha value is -3.34. The first-order chi connectivity index (χ1) is 11.2. The zero-order valence-corrected chi connectivity index (χ0v) is 12.2. The number of aromatic amines is 1. The van der Waals surface area contributed by atoms with Crippen LogP contribution in [0.4, 0.5) is 0 Å². The van der Waals surface area contributed by atoms with Gasteiger partial charge in [0, 0.05) is 28.9 Å². The third-order valence-electron chi connectivity index (χ3n) is 3.33. The SMILES string of the molecule is O=C(N/N=C/C=C/c1c[nH]c2ccccc12)c1cccc(O)c1. The molecule has 23 heavy (non-hydrogen) atoms. The fraction of sp³-hybridized carbons (Fsp3) is 0. The molecule has 0 unspecified atom stereocenters. The Bertz CT molecular complexity index is 894. The molecule has 0 radical (unpaired) electrons. The average Bonchev–Trinajstić information content (AvgIpc) is 2.98. The van der Waals surface area contributed by atoms with Crippen molar-refractivity contribution in [2.45, 2.75) is 0 Å². The molecule has 5 nitrogen and oxygen atoms in total. The maximum Gasteiger partial charge on any atom is 0.271 e. The maximum absolute atomic E-state index is 11.8. The van der Waals surface area contributed by atoms with Gasteiger partial charge < -0.3 is 10.1 Å². The first-order valence-corrected chi connectivity index (χ1v) is 7.09. The highest BCUT2D eigenvalue weighted by Gasteiger charge is 2.03. The van der Waals surface area contributed by atoms with Gasteiger partial charge in [-0.3, -0.25) is 4.79 Å². The molecule has 0 saturated heterocycles. The van der Waals surface area contributed by atoms with Crippen molar-refractivity contribution in [3.63, 3.8) is 0 Å². The number of fused-ring (bicyclic) bond motifs is 1. The summed E-state index contributed by atoms with van der Waals surface area (Å²) in [5.41, 5.74) is 4.87. The molecule has 1 amide bonds. The molecule has 5 heteroatoms. The number of phenols is 1. The minimum Gasteiger partial charge on any atom is -0.508 e. The van der Waals surface area contributed by atoms with Crippen molar-refractivity contribution in [2.75, 3.05) is 0 Å². The van der Waals surface area contributed by atoms with E-state index in [4.69, 9.17) is 0 Å². The summed E-state index contributed by atoms with van der Waals surface area (Å²) in [7, 11) is 0. The number of rotatable bonds is 4. The zero-order valence-electron chi connectivity index (χ0n) is 12.2. The molecule has 3 N–H and O–H groups in total. The Labute approximate surface area is 133 Å². The molecule has 1 heterocycles. The van der Waals surface area contributed by atoms with E-state index in [2.05, 4.69) is 15.5 Å². The molecule has 0 aliphatic carbocycles. The first-order valence-electron chi connectivity index (χ1n) is 7.09. The maximum atomic E-state index is 11.8. The number of phenolic OH excluding ortho intramolecular Hbond substituents is 1. The number of nitrogens with zero attached hydrogens (tertiary/aromatic N) is 1. The smallest absolute Gasteiger partial charge is 0.271 e. The monoisotopic (exact) mass is 305 g/mol. The highest BCUT2D eigenvalue weighted by atomic mass is 16.3. The Kier molecular flexibility index (Phi) is 4.20. The van der Waals surface area contributed by atoms with E-state index >= 15 is 0 Å². The molecule has 2 aromatic carbocycles. The predicted molar refractivity (Wildman–Crippen MR) is 91.4 cm³/mol. The minimum absolute atomic E-state index is 0.0425. The normalized spacial score (nSPS) is 11.5. The lowest BCUT2D eigenvalue weighted by atomic mass is 10.2. The standard InChI is InChI=1S/C18H15N3O2/c22-15-7-3-5-13(11-15)18(23)21-20-10-4-6-14-12-19-17-9-2-1-8-16(14)17/h1-12,19,22H,(H,21,23)/b6-4+,20-10+. The van der Waals surface area contributed by atoms with Crippen molar-refractivity contribution >= 4 is 29.1 Å². The molecule has 0 aliphatic heterocycles. The van der Waals surface area contributed by atoms with Crippen LogP contribution in [0, 0.1) is 0 Å². The van der Waals surface area contributed by atoms with Crippen LogP contribution in [0.3, 0.4) is 0 Å². The number of H-pyrrole nitrogens is 1. The number of amides is 1. The highest BCUT2D eigenvalue weighted by Crippen LogP contribution is 2.18. The van der Waals surface area contributed by atoms with Crippen LogP contribution in [-0.2, 0) is 0 Å². The fourth-order valence-corrected chi connectivity index (χ4v) is 2.23. The van der Waals surface area contributed by atoms with E-state index in [1.54, 1.807) is 18.2 Å². The van der Waals surface area contributed by atoms with Crippen molar-refractivity contribution in [2.24, 2.45) is 5.10 Å². The van der Waals surface area contributed by atoms with Crippen molar-refractivity contribution in [3.05, 3.63) is 71.9 Å². The van der Waals surface area contributed by atoms with Crippen molar-refractivity contribution in [3.8, 4) is 5.75 Å². The quantitative estimate of drug-likeness (QED) is 0.511. The number of carbonyl (C=O) groups excluding carboxylic acids is 1. The Balaban J connectivity index is 1.62. The van der Waals surface area contributed by atoms with E-state index in [1.807, 2.05) is 36.5 Å². The number of aromatic nitrogens is 1. The van der Waals surface area contributed by atoms with Gasteiger partial charge in [0.05, 0.1) is 0 Å². The van der Waals surface area contributed by atoms with Crippen LogP contribution in [0.15, 0.2) is 65.9 Å². The van der Waals surface area contributed by atoms with E-state index in [-0.39, 0.29) is 11.7 Å². The first kappa shape index (κ1) is 14.6. The van der Waals surface area contributed by atoms with Gasteiger partial charge in [0.1, 0.15) is 5.75 Å². The van der Waals surface area contributed by atoms with E-state index in [1.165, 1.54) is 18.3 Å². The van der Waals surface area contributed by atoms with Gasteiger partial charge in [0.2, 0.25) is 0 Å². The van der Waals surface area contributed by atoms with Crippen LogP contribution >= 0.6 is 0 Å². The fourth-order valence-electron chi connectivity index (χ4n) is 2.23. The number of allylic oxidation sites excluding steroid dienone is 1. The van der Waals surface area contributed by atoms with E-state index in [0.29, 0.717) is 5.56 Å². The van der Waals surface area contributed by atoms with E-state index in [0.717, 1.165) is 16.5 Å². The van der Waals surface area contributed by atoms with E-state index in [9.17, 15) is 9.90 Å². The predicted octanol–water partition coefficient (Wildman–Crippen LogP) is 3.30. The van der Waals surface area contributed by atoms with Gasteiger partial charge in [-0.05, 0) is 35.9 Å². The molecule has 0 aliphatic rings. The topological polar surface area (TPSA) is 77.5 Å². The number of hydrazone groups is 1. The molecule has 3 aromatic rings. The summed E-state index contributed by atoms with van der Waals surface area (Å²) < 4.78 is 0. The van der Waals surface area contributed by atoms with Crippen molar-refractivity contribution in [1.29, 1.82) is 0 Å². The molecule has 0 atom stereocenters. The third kappa shape index (κ3) is 3.47. The molecule has 1 aromatic heterocycles.